The molecule has 1 N–H and O–H groups in total. The maximum atomic E-state index is 14.2. The Morgan fingerprint density at radius 3 is 2.10 bits per heavy atom. The molecule has 3 rings (SSSR count). The number of benzene rings is 3. The van der Waals surface area contributed by atoms with Gasteiger partial charge in [-0.15, -0.1) is 0 Å². The molecule has 0 fully saturated rings. The van der Waals surface area contributed by atoms with E-state index in [9.17, 15) is 18.0 Å². The highest BCUT2D eigenvalue weighted by atomic mass is 32.2. The van der Waals surface area contributed by atoms with Gasteiger partial charge in [0.2, 0.25) is 21.8 Å². The van der Waals surface area contributed by atoms with Gasteiger partial charge < -0.3 is 10.2 Å². The number of sulfonamides is 1. The van der Waals surface area contributed by atoms with Crippen molar-refractivity contribution in [1.29, 1.82) is 0 Å². The zero-order valence-corrected chi connectivity index (χ0v) is 25.0. The summed E-state index contributed by atoms with van der Waals surface area (Å²) >= 11 is 0. The number of carbonyl (C=O) groups is 2. The summed E-state index contributed by atoms with van der Waals surface area (Å²) in [6, 6.07) is 22.1. The molecule has 7 nitrogen and oxygen atoms in total. The van der Waals surface area contributed by atoms with Crippen molar-refractivity contribution >= 4 is 27.5 Å². The third-order valence-corrected chi connectivity index (χ3v) is 8.02. The number of hydrogen-bond donors (Lipinski definition) is 1. The van der Waals surface area contributed by atoms with Gasteiger partial charge in [0, 0.05) is 19.5 Å². The molecule has 3 aromatic rings. The minimum atomic E-state index is -3.81. The molecule has 8 heteroatoms. The third-order valence-electron chi connectivity index (χ3n) is 6.90. The molecule has 2 amide bonds. The van der Waals surface area contributed by atoms with E-state index in [1.165, 1.54) is 4.90 Å². The van der Waals surface area contributed by atoms with Crippen LogP contribution in [-0.2, 0) is 32.6 Å². The van der Waals surface area contributed by atoms with E-state index in [-0.39, 0.29) is 12.5 Å². The molecule has 0 aliphatic carbocycles. The predicted octanol–water partition coefficient (Wildman–Crippen LogP) is 4.93. The Morgan fingerprint density at radius 1 is 0.875 bits per heavy atom. The van der Waals surface area contributed by atoms with Crippen LogP contribution in [0.1, 0.15) is 47.6 Å². The molecule has 0 saturated carbocycles. The van der Waals surface area contributed by atoms with Crippen molar-refractivity contribution in [2.24, 2.45) is 0 Å². The SMILES string of the molecule is CCCCNC(=O)[C@@H](Cc1ccccc1)N(Cc1cccc(C)c1)C(=O)CN(c1c(C)cccc1C)S(C)(=O)=O. The Morgan fingerprint density at radius 2 is 1.50 bits per heavy atom. The quantitative estimate of drug-likeness (QED) is 0.299. The minimum absolute atomic E-state index is 0.170. The van der Waals surface area contributed by atoms with E-state index in [2.05, 4.69) is 12.2 Å². The third kappa shape index (κ3) is 8.42. The van der Waals surface area contributed by atoms with Gasteiger partial charge in [-0.2, -0.15) is 0 Å². The molecule has 3 aromatic carbocycles. The molecule has 40 heavy (non-hydrogen) atoms. The van der Waals surface area contributed by atoms with Crippen LogP contribution in [0.3, 0.4) is 0 Å². The lowest BCUT2D eigenvalue weighted by atomic mass is 10.0. The monoisotopic (exact) mass is 563 g/mol. The van der Waals surface area contributed by atoms with Gasteiger partial charge in [0.25, 0.3) is 0 Å². The molecule has 0 aliphatic heterocycles. The highest BCUT2D eigenvalue weighted by Crippen LogP contribution is 2.27. The Labute approximate surface area is 239 Å². The normalized spacial score (nSPS) is 12.0. The lowest BCUT2D eigenvalue weighted by molar-refractivity contribution is -0.140. The van der Waals surface area contributed by atoms with E-state index in [0.717, 1.165) is 51.2 Å². The maximum Gasteiger partial charge on any atom is 0.244 e. The molecule has 0 aliphatic rings. The van der Waals surface area contributed by atoms with Crippen LogP contribution < -0.4 is 9.62 Å². The number of para-hydroxylation sites is 1. The van der Waals surface area contributed by atoms with E-state index in [1.54, 1.807) is 0 Å². The van der Waals surface area contributed by atoms with Crippen molar-refractivity contribution in [2.75, 3.05) is 23.7 Å². The summed E-state index contributed by atoms with van der Waals surface area (Å²) in [6.45, 7) is 7.94. The number of nitrogens with zero attached hydrogens (tertiary/aromatic N) is 2. The second-order valence-electron chi connectivity index (χ2n) is 10.4. The fraction of sp³-hybridized carbons (Fsp3) is 0.375. The Hall–Kier alpha value is -3.65. The molecule has 0 aromatic heterocycles. The van der Waals surface area contributed by atoms with E-state index in [0.29, 0.717) is 18.7 Å². The first kappa shape index (κ1) is 30.9. The number of hydrogen-bond acceptors (Lipinski definition) is 4. The zero-order chi connectivity index (χ0) is 29.3. The summed E-state index contributed by atoms with van der Waals surface area (Å²) in [5.74, 6) is -0.697. The smallest absolute Gasteiger partial charge is 0.244 e. The number of rotatable bonds is 13. The summed E-state index contributed by atoms with van der Waals surface area (Å²) in [7, 11) is -3.81. The average Bonchev–Trinajstić information content (AvgIpc) is 2.90. The summed E-state index contributed by atoms with van der Waals surface area (Å²) < 4.78 is 27.2. The lowest BCUT2D eigenvalue weighted by Gasteiger charge is -2.34. The summed E-state index contributed by atoms with van der Waals surface area (Å²) in [5, 5.41) is 3.01. The fourth-order valence-electron chi connectivity index (χ4n) is 4.84. The van der Waals surface area contributed by atoms with Gasteiger partial charge in [0.15, 0.2) is 0 Å². The van der Waals surface area contributed by atoms with Crippen LogP contribution in [-0.4, -0.2) is 50.5 Å². The number of anilines is 1. The second kappa shape index (κ2) is 14.1. The van der Waals surface area contributed by atoms with Crippen LogP contribution >= 0.6 is 0 Å². The first-order chi connectivity index (χ1) is 19.0. The number of carbonyl (C=O) groups excluding carboxylic acids is 2. The van der Waals surface area contributed by atoms with E-state index in [4.69, 9.17) is 0 Å². The van der Waals surface area contributed by atoms with Crippen molar-refractivity contribution in [3.05, 3.63) is 101 Å². The van der Waals surface area contributed by atoms with E-state index in [1.807, 2.05) is 93.6 Å². The molecule has 0 unspecified atom stereocenters. The van der Waals surface area contributed by atoms with Crippen molar-refractivity contribution in [2.45, 2.75) is 59.5 Å². The van der Waals surface area contributed by atoms with Crippen LogP contribution in [0.25, 0.3) is 0 Å². The van der Waals surface area contributed by atoms with Gasteiger partial charge in [-0.3, -0.25) is 13.9 Å². The minimum Gasteiger partial charge on any atom is -0.354 e. The number of unbranched alkanes of at least 4 members (excludes halogenated alkanes) is 1. The van der Waals surface area contributed by atoms with Crippen LogP contribution in [0.4, 0.5) is 5.69 Å². The maximum absolute atomic E-state index is 14.2. The molecule has 0 bridgehead atoms. The van der Waals surface area contributed by atoms with E-state index >= 15 is 0 Å². The largest absolute Gasteiger partial charge is 0.354 e. The summed E-state index contributed by atoms with van der Waals surface area (Å²) in [6.07, 6.45) is 3.16. The van der Waals surface area contributed by atoms with Gasteiger partial charge in [0.05, 0.1) is 11.9 Å². The highest BCUT2D eigenvalue weighted by molar-refractivity contribution is 7.92. The van der Waals surface area contributed by atoms with Gasteiger partial charge >= 0.3 is 0 Å². The van der Waals surface area contributed by atoms with Crippen molar-refractivity contribution in [1.82, 2.24) is 10.2 Å². The molecule has 0 saturated heterocycles. The van der Waals surface area contributed by atoms with Gasteiger partial charge in [-0.05, 0) is 49.4 Å². The number of amides is 2. The standard InChI is InChI=1S/C32H41N3O4S/c1-6-7-19-33-32(37)29(21-27-16-9-8-10-17-27)34(22-28-18-11-13-24(2)20-28)30(36)23-35(40(5,38)39)31-25(3)14-12-15-26(31)4/h8-18,20,29H,6-7,19,21-23H2,1-5H3,(H,33,37)/t29-/m1/s1. The predicted molar refractivity (Wildman–Crippen MR) is 162 cm³/mol. The molecule has 1 atom stereocenters. The first-order valence-electron chi connectivity index (χ1n) is 13.7. The molecule has 214 valence electrons. The topological polar surface area (TPSA) is 86.8 Å². The molecule has 0 radical (unpaired) electrons. The van der Waals surface area contributed by atoms with Crippen molar-refractivity contribution in [3.63, 3.8) is 0 Å². The Balaban J connectivity index is 2.07. The van der Waals surface area contributed by atoms with Gasteiger partial charge in [0.1, 0.15) is 12.6 Å². The summed E-state index contributed by atoms with van der Waals surface area (Å²) in [5.41, 5.74) is 4.80. The Bertz CT molecular complexity index is 1390. The molecule has 0 heterocycles. The zero-order valence-electron chi connectivity index (χ0n) is 24.2. The Kier molecular flexibility index (Phi) is 10.9. The molecule has 0 spiro atoms. The highest BCUT2D eigenvalue weighted by Gasteiger charge is 2.33. The summed E-state index contributed by atoms with van der Waals surface area (Å²) in [4.78, 5) is 29.4. The van der Waals surface area contributed by atoms with Gasteiger partial charge in [-0.25, -0.2) is 8.42 Å². The first-order valence-corrected chi connectivity index (χ1v) is 15.6. The fourth-order valence-corrected chi connectivity index (χ4v) is 5.81. The van der Waals surface area contributed by atoms with Crippen LogP contribution in [0.5, 0.6) is 0 Å². The van der Waals surface area contributed by atoms with Crippen LogP contribution in [0.15, 0.2) is 72.8 Å². The number of nitrogens with one attached hydrogen (secondary N) is 1. The van der Waals surface area contributed by atoms with Crippen LogP contribution in [0.2, 0.25) is 0 Å². The second-order valence-corrected chi connectivity index (χ2v) is 12.3. The average molecular weight is 564 g/mol. The van der Waals surface area contributed by atoms with E-state index < -0.39 is 28.5 Å². The number of aryl methyl sites for hydroxylation is 3. The lowest BCUT2D eigenvalue weighted by Crippen LogP contribution is -2.53. The van der Waals surface area contributed by atoms with Crippen molar-refractivity contribution < 1.29 is 18.0 Å². The van der Waals surface area contributed by atoms with Gasteiger partial charge in [-0.1, -0.05) is 91.7 Å². The van der Waals surface area contributed by atoms with Crippen LogP contribution in [0, 0.1) is 20.8 Å². The van der Waals surface area contributed by atoms with Crippen molar-refractivity contribution in [3.8, 4) is 0 Å². The molecular weight excluding hydrogens is 522 g/mol. The molecular formula is C32H41N3O4S.